The molecule has 0 saturated heterocycles. The van der Waals surface area contributed by atoms with E-state index in [1.807, 2.05) is 24.3 Å². The fourth-order valence-electron chi connectivity index (χ4n) is 1.93. The standard InChI is InChI=1S/C13H12ClNO2S/c14-10-8-3-1-2-4-9(8)18-11(10)12(17)15-13(7-16)5-6-13/h1-4,16H,5-7H2,(H,15,17). The lowest BCUT2D eigenvalue weighted by Crippen LogP contribution is -2.39. The number of carbonyl (C=O) groups excluding carboxylic acids is 1. The summed E-state index contributed by atoms with van der Waals surface area (Å²) < 4.78 is 1.00. The second kappa shape index (κ2) is 4.23. The molecule has 0 bridgehead atoms. The fourth-order valence-corrected chi connectivity index (χ4v) is 3.34. The first-order valence-electron chi connectivity index (χ1n) is 5.76. The van der Waals surface area contributed by atoms with Crippen molar-refractivity contribution in [1.29, 1.82) is 0 Å². The molecule has 1 aliphatic carbocycles. The van der Waals surface area contributed by atoms with Crippen LogP contribution in [0.15, 0.2) is 24.3 Å². The molecule has 1 amide bonds. The van der Waals surface area contributed by atoms with Crippen molar-refractivity contribution >= 4 is 38.9 Å². The van der Waals surface area contributed by atoms with Crippen LogP contribution in [-0.2, 0) is 0 Å². The summed E-state index contributed by atoms with van der Waals surface area (Å²) in [6.45, 7) is -0.0126. The number of hydrogen-bond donors (Lipinski definition) is 2. The van der Waals surface area contributed by atoms with E-state index in [9.17, 15) is 9.90 Å². The minimum absolute atomic E-state index is 0.0126. The van der Waals surface area contributed by atoms with Crippen molar-refractivity contribution in [3.63, 3.8) is 0 Å². The van der Waals surface area contributed by atoms with Crippen LogP contribution < -0.4 is 5.32 Å². The van der Waals surface area contributed by atoms with E-state index in [2.05, 4.69) is 5.32 Å². The first-order valence-corrected chi connectivity index (χ1v) is 6.95. The third-order valence-corrected chi connectivity index (χ3v) is 4.95. The average Bonchev–Trinajstić information content (AvgIpc) is 3.08. The van der Waals surface area contributed by atoms with Gasteiger partial charge in [-0.3, -0.25) is 4.79 Å². The molecule has 0 aliphatic heterocycles. The van der Waals surface area contributed by atoms with Crippen LogP contribution in [0.2, 0.25) is 5.02 Å². The largest absolute Gasteiger partial charge is 0.394 e. The number of thiophene rings is 1. The minimum Gasteiger partial charge on any atom is -0.394 e. The number of hydrogen-bond acceptors (Lipinski definition) is 3. The van der Waals surface area contributed by atoms with Crippen LogP contribution in [0, 0.1) is 0 Å². The van der Waals surface area contributed by atoms with Crippen LogP contribution >= 0.6 is 22.9 Å². The molecule has 3 rings (SSSR count). The van der Waals surface area contributed by atoms with Crippen molar-refractivity contribution in [2.75, 3.05) is 6.61 Å². The minimum atomic E-state index is -0.406. The molecular weight excluding hydrogens is 270 g/mol. The number of carbonyl (C=O) groups is 1. The average molecular weight is 282 g/mol. The number of fused-ring (bicyclic) bond motifs is 1. The second-order valence-corrected chi connectivity index (χ2v) is 6.06. The first-order chi connectivity index (χ1) is 8.65. The van der Waals surface area contributed by atoms with Crippen molar-refractivity contribution in [1.82, 2.24) is 5.32 Å². The Hall–Kier alpha value is -1.10. The predicted molar refractivity (Wildman–Crippen MR) is 73.4 cm³/mol. The van der Waals surface area contributed by atoms with Crippen molar-refractivity contribution in [2.24, 2.45) is 0 Å². The molecule has 1 heterocycles. The number of nitrogens with one attached hydrogen (secondary N) is 1. The number of amides is 1. The van der Waals surface area contributed by atoms with Gasteiger partial charge in [-0.05, 0) is 18.9 Å². The SMILES string of the molecule is O=C(NC1(CO)CC1)c1sc2ccccc2c1Cl. The molecule has 18 heavy (non-hydrogen) atoms. The summed E-state index contributed by atoms with van der Waals surface area (Å²) in [4.78, 5) is 12.7. The van der Waals surface area contributed by atoms with E-state index < -0.39 is 5.54 Å². The van der Waals surface area contributed by atoms with Gasteiger partial charge >= 0.3 is 0 Å². The van der Waals surface area contributed by atoms with Crippen LogP contribution in [0.4, 0.5) is 0 Å². The molecule has 1 fully saturated rings. The highest BCUT2D eigenvalue weighted by molar-refractivity contribution is 7.21. The van der Waals surface area contributed by atoms with Gasteiger partial charge in [0, 0.05) is 10.1 Å². The normalized spacial score (nSPS) is 16.8. The molecule has 1 aromatic heterocycles. The monoisotopic (exact) mass is 281 g/mol. The zero-order valence-corrected chi connectivity index (χ0v) is 11.1. The molecule has 2 aromatic rings. The molecule has 5 heteroatoms. The van der Waals surface area contributed by atoms with E-state index in [0.717, 1.165) is 22.9 Å². The van der Waals surface area contributed by atoms with Gasteiger partial charge in [0.2, 0.25) is 0 Å². The quantitative estimate of drug-likeness (QED) is 0.909. The number of rotatable bonds is 3. The van der Waals surface area contributed by atoms with Gasteiger partial charge in [-0.25, -0.2) is 0 Å². The van der Waals surface area contributed by atoms with Gasteiger partial charge in [0.15, 0.2) is 0 Å². The fraction of sp³-hybridized carbons (Fsp3) is 0.308. The van der Waals surface area contributed by atoms with E-state index in [1.54, 1.807) is 0 Å². The Kier molecular flexibility index (Phi) is 2.81. The van der Waals surface area contributed by atoms with Crippen LogP contribution in [0.25, 0.3) is 10.1 Å². The highest BCUT2D eigenvalue weighted by atomic mass is 35.5. The number of benzene rings is 1. The number of aliphatic hydroxyl groups is 1. The lowest BCUT2D eigenvalue weighted by molar-refractivity contribution is 0.0911. The summed E-state index contributed by atoms with van der Waals surface area (Å²) in [5, 5.41) is 13.5. The van der Waals surface area contributed by atoms with E-state index in [4.69, 9.17) is 11.6 Å². The maximum absolute atomic E-state index is 12.2. The Balaban J connectivity index is 1.94. The van der Waals surface area contributed by atoms with Crippen LogP contribution in [0.5, 0.6) is 0 Å². The van der Waals surface area contributed by atoms with Gasteiger partial charge in [0.1, 0.15) is 4.88 Å². The predicted octanol–water partition coefficient (Wildman–Crippen LogP) is 2.81. The van der Waals surface area contributed by atoms with E-state index >= 15 is 0 Å². The summed E-state index contributed by atoms with van der Waals surface area (Å²) in [6, 6.07) is 7.68. The molecule has 0 spiro atoms. The lowest BCUT2D eigenvalue weighted by Gasteiger charge is -2.13. The van der Waals surface area contributed by atoms with Crippen molar-refractivity contribution in [3.8, 4) is 0 Å². The maximum atomic E-state index is 12.2. The highest BCUT2D eigenvalue weighted by Gasteiger charge is 2.44. The molecule has 94 valence electrons. The molecule has 3 nitrogen and oxygen atoms in total. The molecule has 1 saturated carbocycles. The van der Waals surface area contributed by atoms with Crippen molar-refractivity contribution < 1.29 is 9.90 Å². The number of aliphatic hydroxyl groups excluding tert-OH is 1. The zero-order valence-electron chi connectivity index (χ0n) is 9.57. The first kappa shape index (κ1) is 12.0. The molecule has 2 N–H and O–H groups in total. The Morgan fingerprint density at radius 2 is 2.17 bits per heavy atom. The van der Waals surface area contributed by atoms with Crippen LogP contribution in [-0.4, -0.2) is 23.2 Å². The topological polar surface area (TPSA) is 49.3 Å². The molecule has 1 aromatic carbocycles. The number of halogens is 1. The second-order valence-electron chi connectivity index (χ2n) is 4.63. The highest BCUT2D eigenvalue weighted by Crippen LogP contribution is 2.38. The summed E-state index contributed by atoms with van der Waals surface area (Å²) in [6.07, 6.45) is 1.66. The molecule has 0 unspecified atom stereocenters. The van der Waals surface area contributed by atoms with Gasteiger partial charge in [0.05, 0.1) is 17.2 Å². The van der Waals surface area contributed by atoms with Gasteiger partial charge in [-0.1, -0.05) is 29.8 Å². The summed E-state index contributed by atoms with van der Waals surface area (Å²) >= 11 is 7.62. The Bertz CT molecular complexity index is 618. The molecule has 0 atom stereocenters. The molecule has 1 aliphatic rings. The smallest absolute Gasteiger partial charge is 0.263 e. The van der Waals surface area contributed by atoms with E-state index in [1.165, 1.54) is 11.3 Å². The summed E-state index contributed by atoms with van der Waals surface area (Å²) in [5.74, 6) is -0.187. The maximum Gasteiger partial charge on any atom is 0.263 e. The van der Waals surface area contributed by atoms with Crippen molar-refractivity contribution in [2.45, 2.75) is 18.4 Å². The Labute approximate surface area is 113 Å². The molecule has 0 radical (unpaired) electrons. The van der Waals surface area contributed by atoms with E-state index in [0.29, 0.717) is 9.90 Å². The molecular formula is C13H12ClNO2S. The summed E-state index contributed by atoms with van der Waals surface area (Å²) in [5.41, 5.74) is -0.406. The van der Waals surface area contributed by atoms with Crippen molar-refractivity contribution in [3.05, 3.63) is 34.2 Å². The zero-order chi connectivity index (χ0) is 12.8. The third-order valence-electron chi connectivity index (χ3n) is 3.28. The van der Waals surface area contributed by atoms with Crippen LogP contribution in [0.1, 0.15) is 22.5 Å². The van der Waals surface area contributed by atoms with Gasteiger partial charge in [-0.15, -0.1) is 11.3 Å². The van der Waals surface area contributed by atoms with E-state index in [-0.39, 0.29) is 12.5 Å². The van der Waals surface area contributed by atoms with Gasteiger partial charge in [0.25, 0.3) is 5.91 Å². The third kappa shape index (κ3) is 1.90. The summed E-state index contributed by atoms with van der Waals surface area (Å²) in [7, 11) is 0. The van der Waals surface area contributed by atoms with Gasteiger partial charge < -0.3 is 10.4 Å². The Morgan fingerprint density at radius 3 is 2.78 bits per heavy atom. The Morgan fingerprint density at radius 1 is 1.44 bits per heavy atom. The van der Waals surface area contributed by atoms with Gasteiger partial charge in [-0.2, -0.15) is 0 Å². The van der Waals surface area contributed by atoms with Crippen LogP contribution in [0.3, 0.4) is 0 Å². The lowest BCUT2D eigenvalue weighted by atomic mass is 10.2.